The van der Waals surface area contributed by atoms with Crippen LogP contribution in [0.15, 0.2) is 53.3 Å². The summed E-state index contributed by atoms with van der Waals surface area (Å²) in [6.07, 6.45) is 1.79. The van der Waals surface area contributed by atoms with Crippen molar-refractivity contribution in [1.82, 2.24) is 9.97 Å². The number of nitrogens with one attached hydrogen (secondary N) is 1. The number of anilines is 1. The fraction of sp³-hybridized carbons (Fsp3) is 0.111. The lowest BCUT2D eigenvalue weighted by Crippen LogP contribution is -2.10. The van der Waals surface area contributed by atoms with Gasteiger partial charge < -0.3 is 9.88 Å². The van der Waals surface area contributed by atoms with Crippen LogP contribution in [-0.2, 0) is 0 Å². The van der Waals surface area contributed by atoms with Crippen molar-refractivity contribution >= 4 is 39.3 Å². The van der Waals surface area contributed by atoms with Crippen molar-refractivity contribution in [3.8, 4) is 0 Å². The normalized spacial score (nSPS) is 11.7. The maximum absolute atomic E-state index is 12.1. The number of aromatic amines is 1. The van der Waals surface area contributed by atoms with Gasteiger partial charge in [-0.25, -0.2) is 4.98 Å². The summed E-state index contributed by atoms with van der Waals surface area (Å²) in [4.78, 5) is 21.3. The Bertz CT molecular complexity index is 927. The number of rotatable bonds is 3. The van der Waals surface area contributed by atoms with E-state index in [-0.39, 0.29) is 5.56 Å². The average molecular weight is 326 g/mol. The minimum atomic E-state index is -0.194. The molecule has 1 heterocycles. The van der Waals surface area contributed by atoms with Crippen molar-refractivity contribution in [3.05, 3.63) is 70.3 Å². The molecule has 0 fully saturated rings. The number of hydrogen-bond acceptors (Lipinski definition) is 3. The van der Waals surface area contributed by atoms with E-state index in [9.17, 15) is 4.79 Å². The van der Waals surface area contributed by atoms with Crippen LogP contribution in [0.4, 0.5) is 5.69 Å². The zero-order chi connectivity index (χ0) is 16.4. The highest BCUT2D eigenvalue weighted by Crippen LogP contribution is 2.21. The van der Waals surface area contributed by atoms with Gasteiger partial charge in [0, 0.05) is 19.8 Å². The van der Waals surface area contributed by atoms with Gasteiger partial charge in [0.05, 0.1) is 15.9 Å². The van der Waals surface area contributed by atoms with E-state index in [1.165, 1.54) is 0 Å². The molecule has 0 aliphatic rings. The molecule has 1 aromatic heterocycles. The zero-order valence-electron chi connectivity index (χ0n) is 12.9. The van der Waals surface area contributed by atoms with Crippen molar-refractivity contribution in [3.63, 3.8) is 0 Å². The minimum absolute atomic E-state index is 0.194. The van der Waals surface area contributed by atoms with Crippen molar-refractivity contribution in [2.45, 2.75) is 0 Å². The molecule has 4 nitrogen and oxygen atoms in total. The van der Waals surface area contributed by atoms with E-state index in [0.29, 0.717) is 21.8 Å². The summed E-state index contributed by atoms with van der Waals surface area (Å²) in [5.41, 5.74) is 2.48. The largest absolute Gasteiger partial charge is 0.378 e. The van der Waals surface area contributed by atoms with Crippen LogP contribution in [-0.4, -0.2) is 24.1 Å². The van der Waals surface area contributed by atoms with Crippen LogP contribution in [0.5, 0.6) is 0 Å². The molecular weight excluding hydrogens is 310 g/mol. The summed E-state index contributed by atoms with van der Waals surface area (Å²) >= 11 is 6.33. The Morgan fingerprint density at radius 2 is 1.83 bits per heavy atom. The molecule has 3 aromatic rings. The van der Waals surface area contributed by atoms with Gasteiger partial charge in [-0.15, -0.1) is 0 Å². The van der Waals surface area contributed by atoms with Gasteiger partial charge in [0.25, 0.3) is 5.56 Å². The molecule has 116 valence electrons. The quantitative estimate of drug-likeness (QED) is 0.798. The molecule has 1 N–H and O–H groups in total. The Morgan fingerprint density at radius 1 is 1.13 bits per heavy atom. The van der Waals surface area contributed by atoms with Crippen LogP contribution in [0.2, 0.25) is 0 Å². The number of hydrogen-bond donors (Lipinski definition) is 1. The van der Waals surface area contributed by atoms with E-state index in [0.717, 1.165) is 11.3 Å². The fourth-order valence-corrected chi connectivity index (χ4v) is 2.50. The highest BCUT2D eigenvalue weighted by molar-refractivity contribution is 6.50. The topological polar surface area (TPSA) is 49.0 Å². The number of fused-ring (bicyclic) bond motifs is 1. The van der Waals surface area contributed by atoms with Gasteiger partial charge in [0.1, 0.15) is 0 Å². The van der Waals surface area contributed by atoms with E-state index in [4.69, 9.17) is 11.6 Å². The van der Waals surface area contributed by atoms with Crippen LogP contribution in [0.25, 0.3) is 22.0 Å². The molecule has 0 spiro atoms. The fourth-order valence-electron chi connectivity index (χ4n) is 2.28. The van der Waals surface area contributed by atoms with E-state index < -0.39 is 0 Å². The number of H-pyrrole nitrogens is 1. The number of para-hydroxylation sites is 1. The lowest BCUT2D eigenvalue weighted by molar-refractivity contribution is 1.13. The molecule has 0 unspecified atom stereocenters. The van der Waals surface area contributed by atoms with E-state index in [2.05, 4.69) is 9.97 Å². The van der Waals surface area contributed by atoms with E-state index in [1.54, 1.807) is 18.2 Å². The van der Waals surface area contributed by atoms with Gasteiger partial charge in [-0.05, 0) is 35.9 Å². The van der Waals surface area contributed by atoms with Crippen LogP contribution < -0.4 is 10.5 Å². The third kappa shape index (κ3) is 3.27. The van der Waals surface area contributed by atoms with Crippen molar-refractivity contribution < 1.29 is 0 Å². The molecule has 3 rings (SSSR count). The van der Waals surface area contributed by atoms with Gasteiger partial charge in [-0.2, -0.15) is 0 Å². The lowest BCUT2D eigenvalue weighted by atomic mass is 10.2. The SMILES string of the molecule is CN(C)c1ccc(/C=C(\Cl)c2nc3ccccc3c(=O)[nH]2)cc1. The smallest absolute Gasteiger partial charge is 0.259 e. The van der Waals surface area contributed by atoms with Crippen LogP contribution in [0, 0.1) is 0 Å². The van der Waals surface area contributed by atoms with Crippen LogP contribution >= 0.6 is 11.6 Å². The summed E-state index contributed by atoms with van der Waals surface area (Å²) in [6, 6.07) is 15.1. The van der Waals surface area contributed by atoms with Crippen LogP contribution in [0.1, 0.15) is 11.4 Å². The predicted molar refractivity (Wildman–Crippen MR) is 96.9 cm³/mol. The Hall–Kier alpha value is -2.59. The highest BCUT2D eigenvalue weighted by atomic mass is 35.5. The summed E-state index contributed by atoms with van der Waals surface area (Å²) in [5.74, 6) is 0.368. The molecule has 0 saturated carbocycles. The summed E-state index contributed by atoms with van der Waals surface area (Å²) in [7, 11) is 3.98. The van der Waals surface area contributed by atoms with Gasteiger partial charge in [0.15, 0.2) is 5.82 Å². The minimum Gasteiger partial charge on any atom is -0.378 e. The van der Waals surface area contributed by atoms with Crippen molar-refractivity contribution in [1.29, 1.82) is 0 Å². The molecule has 0 aliphatic carbocycles. The molecule has 0 amide bonds. The summed E-state index contributed by atoms with van der Waals surface area (Å²) < 4.78 is 0. The first-order chi connectivity index (χ1) is 11.0. The highest BCUT2D eigenvalue weighted by Gasteiger charge is 2.06. The van der Waals surface area contributed by atoms with Gasteiger partial charge in [0.2, 0.25) is 0 Å². The van der Waals surface area contributed by atoms with Gasteiger partial charge >= 0.3 is 0 Å². The standard InChI is InChI=1S/C18H16ClN3O/c1-22(2)13-9-7-12(8-10-13)11-15(19)17-20-16-6-4-3-5-14(16)18(23)21-17/h3-11H,1-2H3,(H,20,21,23)/b15-11-. The average Bonchev–Trinajstić information content (AvgIpc) is 2.55. The first kappa shape index (κ1) is 15.3. The third-order valence-corrected chi connectivity index (χ3v) is 3.83. The van der Waals surface area contributed by atoms with Gasteiger partial charge in [-0.3, -0.25) is 4.79 Å². The van der Waals surface area contributed by atoms with Crippen molar-refractivity contribution in [2.75, 3.05) is 19.0 Å². The van der Waals surface area contributed by atoms with E-state index in [1.807, 2.05) is 55.4 Å². The van der Waals surface area contributed by atoms with Crippen LogP contribution in [0.3, 0.4) is 0 Å². The maximum Gasteiger partial charge on any atom is 0.259 e. The summed E-state index contributed by atoms with van der Waals surface area (Å²) in [6.45, 7) is 0. The van der Waals surface area contributed by atoms with E-state index >= 15 is 0 Å². The van der Waals surface area contributed by atoms with Gasteiger partial charge in [-0.1, -0.05) is 35.9 Å². The Kier molecular flexibility index (Phi) is 4.17. The first-order valence-electron chi connectivity index (χ1n) is 7.18. The lowest BCUT2D eigenvalue weighted by Gasteiger charge is -2.11. The predicted octanol–water partition coefficient (Wildman–Crippen LogP) is 3.73. The second kappa shape index (κ2) is 6.26. The number of nitrogens with zero attached hydrogens (tertiary/aromatic N) is 2. The molecule has 0 radical (unpaired) electrons. The molecule has 5 heteroatoms. The number of benzene rings is 2. The molecule has 23 heavy (non-hydrogen) atoms. The second-order valence-corrected chi connectivity index (χ2v) is 5.82. The Labute approximate surface area is 139 Å². The maximum atomic E-state index is 12.1. The molecule has 0 atom stereocenters. The molecular formula is C18H16ClN3O. The van der Waals surface area contributed by atoms with Crippen molar-refractivity contribution in [2.24, 2.45) is 0 Å². The Morgan fingerprint density at radius 3 is 2.52 bits per heavy atom. The monoisotopic (exact) mass is 325 g/mol. The molecule has 0 saturated heterocycles. The number of aromatic nitrogens is 2. The molecule has 2 aromatic carbocycles. The molecule has 0 aliphatic heterocycles. The first-order valence-corrected chi connectivity index (χ1v) is 7.56. The Balaban J connectivity index is 1.99. The third-order valence-electron chi connectivity index (χ3n) is 3.54. The second-order valence-electron chi connectivity index (χ2n) is 5.41. The zero-order valence-corrected chi connectivity index (χ0v) is 13.6. The molecule has 0 bridgehead atoms. The number of halogens is 1. The summed E-state index contributed by atoms with van der Waals surface area (Å²) in [5, 5.41) is 0.946.